The summed E-state index contributed by atoms with van der Waals surface area (Å²) in [6.07, 6.45) is 4.12. The largest absolute Gasteiger partial charge is 0.298 e. The van der Waals surface area contributed by atoms with E-state index >= 15 is 0 Å². The Bertz CT molecular complexity index is 524. The first-order valence-electron chi connectivity index (χ1n) is 6.78. The van der Waals surface area contributed by atoms with E-state index in [1.165, 1.54) is 18.2 Å². The quantitative estimate of drug-likeness (QED) is 0.919. The molecule has 1 atom stereocenters. The molecule has 3 nitrogen and oxygen atoms in total. The van der Waals surface area contributed by atoms with Crippen molar-refractivity contribution in [2.45, 2.75) is 25.3 Å². The lowest BCUT2D eigenvalue weighted by Crippen LogP contribution is -2.34. The maximum absolute atomic E-state index is 13.7. The molecule has 4 heteroatoms. The number of piperidine rings is 1. The van der Waals surface area contributed by atoms with Gasteiger partial charge < -0.3 is 0 Å². The van der Waals surface area contributed by atoms with Crippen LogP contribution < -0.4 is 0 Å². The van der Waals surface area contributed by atoms with Crippen LogP contribution in [0.5, 0.6) is 0 Å². The molecule has 1 fully saturated rings. The number of aromatic amines is 1. The van der Waals surface area contributed by atoms with Gasteiger partial charge in [0.1, 0.15) is 5.82 Å². The Balaban J connectivity index is 1.67. The Morgan fingerprint density at radius 3 is 3.00 bits per heavy atom. The lowest BCUT2D eigenvalue weighted by molar-refractivity contribution is 0.196. The normalized spacial score (nSPS) is 20.6. The van der Waals surface area contributed by atoms with Crippen LogP contribution in [0.25, 0.3) is 0 Å². The average molecular weight is 259 g/mol. The zero-order valence-electron chi connectivity index (χ0n) is 10.8. The Hall–Kier alpha value is -1.68. The van der Waals surface area contributed by atoms with Crippen LogP contribution >= 0.6 is 0 Å². The van der Waals surface area contributed by atoms with Crippen LogP contribution in [0.15, 0.2) is 36.5 Å². The fourth-order valence-corrected chi connectivity index (χ4v) is 2.81. The Labute approximate surface area is 112 Å². The van der Waals surface area contributed by atoms with Crippen molar-refractivity contribution in [3.05, 3.63) is 53.6 Å². The van der Waals surface area contributed by atoms with Crippen molar-refractivity contribution < 1.29 is 4.39 Å². The van der Waals surface area contributed by atoms with Crippen LogP contribution in [0.4, 0.5) is 4.39 Å². The van der Waals surface area contributed by atoms with Gasteiger partial charge in [0.05, 0.1) is 0 Å². The highest BCUT2D eigenvalue weighted by atomic mass is 19.1. The Kier molecular flexibility index (Phi) is 3.60. The number of hydrogen-bond donors (Lipinski definition) is 1. The van der Waals surface area contributed by atoms with Gasteiger partial charge in [-0.15, -0.1) is 0 Å². The summed E-state index contributed by atoms with van der Waals surface area (Å²) in [6, 6.07) is 9.08. The van der Waals surface area contributed by atoms with E-state index in [0.717, 1.165) is 25.1 Å². The van der Waals surface area contributed by atoms with Crippen molar-refractivity contribution in [1.82, 2.24) is 15.1 Å². The molecule has 0 saturated carbocycles. The van der Waals surface area contributed by atoms with Crippen LogP contribution in [0, 0.1) is 5.82 Å². The second-order valence-corrected chi connectivity index (χ2v) is 5.18. The van der Waals surface area contributed by atoms with Crippen molar-refractivity contribution in [1.29, 1.82) is 0 Å². The maximum Gasteiger partial charge on any atom is 0.127 e. The SMILES string of the molecule is Fc1ccccc1CN1CCC[C@@H](c2ccn[nH]2)C1. The standard InChI is InChI=1S/C15H18FN3/c16-14-6-2-1-4-12(14)10-19-9-3-5-13(11-19)15-7-8-17-18-15/h1-2,4,6-8,13H,3,5,9-11H2,(H,17,18)/t13-/m1/s1. The highest BCUT2D eigenvalue weighted by Crippen LogP contribution is 2.26. The highest BCUT2D eigenvalue weighted by molar-refractivity contribution is 5.17. The van der Waals surface area contributed by atoms with E-state index in [2.05, 4.69) is 15.1 Å². The molecular formula is C15H18FN3. The molecule has 19 heavy (non-hydrogen) atoms. The fraction of sp³-hybridized carbons (Fsp3) is 0.400. The molecule has 0 spiro atoms. The zero-order valence-corrected chi connectivity index (χ0v) is 10.8. The molecule has 1 aliphatic heterocycles. The first kappa shape index (κ1) is 12.4. The van der Waals surface area contributed by atoms with Crippen LogP contribution in [-0.2, 0) is 6.54 Å². The molecule has 1 saturated heterocycles. The van der Waals surface area contributed by atoms with Gasteiger partial charge in [0, 0.05) is 36.5 Å². The number of aromatic nitrogens is 2. The van der Waals surface area contributed by atoms with Crippen LogP contribution in [-0.4, -0.2) is 28.2 Å². The summed E-state index contributed by atoms with van der Waals surface area (Å²) >= 11 is 0. The summed E-state index contributed by atoms with van der Waals surface area (Å²) < 4.78 is 13.7. The molecule has 0 aliphatic carbocycles. The van der Waals surface area contributed by atoms with E-state index in [1.54, 1.807) is 12.3 Å². The monoisotopic (exact) mass is 259 g/mol. The number of nitrogens with zero attached hydrogens (tertiary/aromatic N) is 2. The molecule has 2 aromatic rings. The second-order valence-electron chi connectivity index (χ2n) is 5.18. The maximum atomic E-state index is 13.7. The minimum absolute atomic E-state index is 0.105. The van der Waals surface area contributed by atoms with Crippen molar-refractivity contribution >= 4 is 0 Å². The van der Waals surface area contributed by atoms with Crippen molar-refractivity contribution in [2.75, 3.05) is 13.1 Å². The topological polar surface area (TPSA) is 31.9 Å². The van der Waals surface area contributed by atoms with E-state index in [0.29, 0.717) is 12.5 Å². The first-order valence-corrected chi connectivity index (χ1v) is 6.78. The molecule has 3 rings (SSSR count). The number of rotatable bonds is 3. The van der Waals surface area contributed by atoms with E-state index < -0.39 is 0 Å². The van der Waals surface area contributed by atoms with E-state index in [-0.39, 0.29) is 5.82 Å². The smallest absolute Gasteiger partial charge is 0.127 e. The third-order valence-electron chi connectivity index (χ3n) is 3.82. The molecule has 2 heterocycles. The molecule has 1 aromatic heterocycles. The van der Waals surface area contributed by atoms with Gasteiger partial charge in [0.25, 0.3) is 0 Å². The summed E-state index contributed by atoms with van der Waals surface area (Å²) in [4.78, 5) is 2.33. The fourth-order valence-electron chi connectivity index (χ4n) is 2.81. The van der Waals surface area contributed by atoms with Crippen molar-refractivity contribution in [2.24, 2.45) is 0 Å². The minimum atomic E-state index is -0.105. The number of H-pyrrole nitrogens is 1. The molecule has 0 radical (unpaired) electrons. The summed E-state index contributed by atoms with van der Waals surface area (Å²) in [5.41, 5.74) is 1.98. The summed E-state index contributed by atoms with van der Waals surface area (Å²) in [6.45, 7) is 2.70. The second kappa shape index (κ2) is 5.53. The minimum Gasteiger partial charge on any atom is -0.298 e. The van der Waals surface area contributed by atoms with Crippen LogP contribution in [0.3, 0.4) is 0 Å². The Morgan fingerprint density at radius 2 is 2.21 bits per heavy atom. The van der Waals surface area contributed by atoms with Crippen LogP contribution in [0.1, 0.15) is 30.0 Å². The predicted molar refractivity (Wildman–Crippen MR) is 72.2 cm³/mol. The summed E-state index contributed by atoms with van der Waals surface area (Å²) in [7, 11) is 0. The van der Waals surface area contributed by atoms with Gasteiger partial charge in [-0.05, 0) is 31.5 Å². The van der Waals surface area contributed by atoms with Crippen molar-refractivity contribution in [3.63, 3.8) is 0 Å². The number of likely N-dealkylation sites (tertiary alicyclic amines) is 1. The molecular weight excluding hydrogens is 241 g/mol. The third kappa shape index (κ3) is 2.84. The van der Waals surface area contributed by atoms with Gasteiger partial charge in [-0.2, -0.15) is 5.10 Å². The summed E-state index contributed by atoms with van der Waals surface area (Å²) in [5.74, 6) is 0.384. The van der Waals surface area contributed by atoms with E-state index in [1.807, 2.05) is 18.2 Å². The third-order valence-corrected chi connectivity index (χ3v) is 3.82. The molecule has 100 valence electrons. The molecule has 1 aliphatic rings. The molecule has 0 unspecified atom stereocenters. The van der Waals surface area contributed by atoms with Gasteiger partial charge in [0.15, 0.2) is 0 Å². The molecule has 0 bridgehead atoms. The number of hydrogen-bond acceptors (Lipinski definition) is 2. The molecule has 1 N–H and O–H groups in total. The number of benzene rings is 1. The van der Waals surface area contributed by atoms with Gasteiger partial charge in [-0.1, -0.05) is 18.2 Å². The lowest BCUT2D eigenvalue weighted by Gasteiger charge is -2.32. The van der Waals surface area contributed by atoms with Gasteiger partial charge in [0.2, 0.25) is 0 Å². The zero-order chi connectivity index (χ0) is 13.1. The lowest BCUT2D eigenvalue weighted by atomic mass is 9.94. The highest BCUT2D eigenvalue weighted by Gasteiger charge is 2.22. The van der Waals surface area contributed by atoms with E-state index in [9.17, 15) is 4.39 Å². The molecule has 0 amide bonds. The average Bonchev–Trinajstić information content (AvgIpc) is 2.96. The molecule has 1 aromatic carbocycles. The first-order chi connectivity index (χ1) is 9.33. The van der Waals surface area contributed by atoms with E-state index in [4.69, 9.17) is 0 Å². The van der Waals surface area contributed by atoms with Crippen LogP contribution in [0.2, 0.25) is 0 Å². The number of halogens is 1. The van der Waals surface area contributed by atoms with Crippen molar-refractivity contribution in [3.8, 4) is 0 Å². The summed E-state index contributed by atoms with van der Waals surface area (Å²) in [5, 5.41) is 7.07. The van der Waals surface area contributed by atoms with Gasteiger partial charge in [-0.3, -0.25) is 10.00 Å². The van der Waals surface area contributed by atoms with Gasteiger partial charge in [-0.25, -0.2) is 4.39 Å². The van der Waals surface area contributed by atoms with Gasteiger partial charge >= 0.3 is 0 Å². The number of nitrogens with one attached hydrogen (secondary N) is 1. The predicted octanol–water partition coefficient (Wildman–Crippen LogP) is 2.93. The Morgan fingerprint density at radius 1 is 1.32 bits per heavy atom.